The van der Waals surface area contributed by atoms with Crippen molar-refractivity contribution in [2.45, 2.75) is 33.1 Å². The van der Waals surface area contributed by atoms with E-state index >= 15 is 0 Å². The quantitative estimate of drug-likeness (QED) is 0.776. The van der Waals surface area contributed by atoms with Crippen molar-refractivity contribution in [3.05, 3.63) is 23.9 Å². The summed E-state index contributed by atoms with van der Waals surface area (Å²) in [7, 11) is 0. The van der Waals surface area contributed by atoms with Crippen LogP contribution in [0.4, 0.5) is 5.82 Å². The molecule has 1 aliphatic rings. The van der Waals surface area contributed by atoms with Gasteiger partial charge in [-0.2, -0.15) is 0 Å². The molecule has 0 bridgehead atoms. The molecular weight excluding hydrogens is 238 g/mol. The number of hydrogen-bond donors (Lipinski definition) is 0. The van der Waals surface area contributed by atoms with Gasteiger partial charge in [0.25, 0.3) is 0 Å². The summed E-state index contributed by atoms with van der Waals surface area (Å²) in [5.41, 5.74) is 1.35. The lowest BCUT2D eigenvalue weighted by Gasteiger charge is -2.37. The molecule has 0 unspecified atom stereocenters. The number of hydrogen-bond acceptors (Lipinski definition) is 3. The molecule has 1 amide bonds. The molecule has 2 heterocycles. The molecule has 1 aromatic rings. The minimum atomic E-state index is 0.0846. The van der Waals surface area contributed by atoms with Crippen LogP contribution < -0.4 is 4.90 Å². The lowest BCUT2D eigenvalue weighted by Crippen LogP contribution is -2.48. The molecule has 0 aliphatic carbocycles. The van der Waals surface area contributed by atoms with Crippen molar-refractivity contribution in [3.8, 4) is 0 Å². The zero-order chi connectivity index (χ0) is 14.0. The predicted octanol–water partition coefficient (Wildman–Crippen LogP) is 2.05. The fourth-order valence-electron chi connectivity index (χ4n) is 2.47. The van der Waals surface area contributed by atoms with Gasteiger partial charge in [0.05, 0.1) is 0 Å². The van der Waals surface area contributed by atoms with Crippen LogP contribution in [-0.4, -0.2) is 42.0 Å². The maximum atomic E-state index is 11.4. The first-order chi connectivity index (χ1) is 8.89. The molecule has 0 aromatic carbocycles. The standard InChI is InChI=1S/C15H23N3O/c1-12(19)17-8-10-18(11-9-17)14-13(15(2,3)4)6-5-7-16-14/h5-7H,8-11H2,1-4H3. The lowest BCUT2D eigenvalue weighted by molar-refractivity contribution is -0.129. The Bertz CT molecular complexity index is 457. The molecule has 0 radical (unpaired) electrons. The first kappa shape index (κ1) is 13.8. The minimum Gasteiger partial charge on any atom is -0.353 e. The number of nitrogens with zero attached hydrogens (tertiary/aromatic N) is 3. The molecule has 0 saturated carbocycles. The van der Waals surface area contributed by atoms with Crippen molar-refractivity contribution < 1.29 is 4.79 Å². The molecule has 1 aliphatic heterocycles. The molecule has 1 aromatic heterocycles. The molecule has 1 saturated heterocycles. The van der Waals surface area contributed by atoms with E-state index in [1.807, 2.05) is 17.2 Å². The first-order valence-corrected chi connectivity index (χ1v) is 6.85. The molecule has 0 atom stereocenters. The Morgan fingerprint density at radius 1 is 1.21 bits per heavy atom. The van der Waals surface area contributed by atoms with Gasteiger partial charge in [-0.25, -0.2) is 4.98 Å². The van der Waals surface area contributed by atoms with Gasteiger partial charge in [0.15, 0.2) is 0 Å². The van der Waals surface area contributed by atoms with Gasteiger partial charge in [0, 0.05) is 44.9 Å². The van der Waals surface area contributed by atoms with Gasteiger partial charge in [-0.05, 0) is 11.5 Å². The zero-order valence-electron chi connectivity index (χ0n) is 12.3. The summed E-state index contributed by atoms with van der Waals surface area (Å²) >= 11 is 0. The lowest BCUT2D eigenvalue weighted by atomic mass is 9.87. The minimum absolute atomic E-state index is 0.0846. The summed E-state index contributed by atoms with van der Waals surface area (Å²) in [6, 6.07) is 4.15. The highest BCUT2D eigenvalue weighted by atomic mass is 16.2. The average Bonchev–Trinajstić information content (AvgIpc) is 2.38. The molecule has 104 valence electrons. The highest BCUT2D eigenvalue weighted by molar-refractivity contribution is 5.73. The number of pyridine rings is 1. The van der Waals surface area contributed by atoms with Crippen LogP contribution in [0.3, 0.4) is 0 Å². The summed E-state index contributed by atoms with van der Waals surface area (Å²) < 4.78 is 0. The van der Waals surface area contributed by atoms with Gasteiger partial charge in [0.1, 0.15) is 5.82 Å². The van der Waals surface area contributed by atoms with Crippen molar-refractivity contribution in [3.63, 3.8) is 0 Å². The van der Waals surface area contributed by atoms with Gasteiger partial charge in [-0.3, -0.25) is 4.79 Å². The summed E-state index contributed by atoms with van der Waals surface area (Å²) in [5.74, 6) is 1.23. The third kappa shape index (κ3) is 3.06. The highest BCUT2D eigenvalue weighted by Crippen LogP contribution is 2.30. The molecule has 4 heteroatoms. The SMILES string of the molecule is CC(=O)N1CCN(c2ncccc2C(C)(C)C)CC1. The van der Waals surface area contributed by atoms with E-state index in [1.54, 1.807) is 6.92 Å². The Balaban J connectivity index is 2.18. The van der Waals surface area contributed by atoms with Crippen molar-refractivity contribution in [1.29, 1.82) is 0 Å². The largest absolute Gasteiger partial charge is 0.353 e. The van der Waals surface area contributed by atoms with Crippen LogP contribution in [0, 0.1) is 0 Å². The topological polar surface area (TPSA) is 36.4 Å². The molecular formula is C15H23N3O. The van der Waals surface area contributed by atoms with Crippen molar-refractivity contribution >= 4 is 11.7 Å². The average molecular weight is 261 g/mol. The van der Waals surface area contributed by atoms with Crippen molar-refractivity contribution in [1.82, 2.24) is 9.88 Å². The van der Waals surface area contributed by atoms with E-state index in [1.165, 1.54) is 5.56 Å². The number of anilines is 1. The second kappa shape index (κ2) is 5.19. The van der Waals surface area contributed by atoms with Crippen LogP contribution in [0.15, 0.2) is 18.3 Å². The number of rotatable bonds is 1. The number of carbonyl (C=O) groups is 1. The summed E-state index contributed by atoms with van der Waals surface area (Å²) in [6.07, 6.45) is 1.85. The third-order valence-corrected chi connectivity index (χ3v) is 3.62. The van der Waals surface area contributed by atoms with Crippen LogP contribution in [-0.2, 0) is 10.2 Å². The molecule has 1 fully saturated rings. The first-order valence-electron chi connectivity index (χ1n) is 6.85. The fourth-order valence-corrected chi connectivity index (χ4v) is 2.47. The van der Waals surface area contributed by atoms with Crippen LogP contribution >= 0.6 is 0 Å². The van der Waals surface area contributed by atoms with Crippen molar-refractivity contribution in [2.24, 2.45) is 0 Å². The highest BCUT2D eigenvalue weighted by Gasteiger charge is 2.25. The normalized spacial score (nSPS) is 16.6. The Labute approximate surface area is 115 Å². The Morgan fingerprint density at radius 3 is 2.37 bits per heavy atom. The van der Waals surface area contributed by atoms with Crippen LogP contribution in [0.2, 0.25) is 0 Å². The van der Waals surface area contributed by atoms with Gasteiger partial charge in [-0.15, -0.1) is 0 Å². The van der Waals surface area contributed by atoms with Crippen LogP contribution in [0.1, 0.15) is 33.3 Å². The molecule has 19 heavy (non-hydrogen) atoms. The van der Waals surface area contributed by atoms with Gasteiger partial charge in [0.2, 0.25) is 5.91 Å². The predicted molar refractivity (Wildman–Crippen MR) is 77.4 cm³/mol. The molecule has 0 N–H and O–H groups in total. The smallest absolute Gasteiger partial charge is 0.219 e. The van der Waals surface area contributed by atoms with E-state index in [4.69, 9.17) is 0 Å². The second-order valence-corrected chi connectivity index (χ2v) is 6.12. The molecule has 4 nitrogen and oxygen atoms in total. The zero-order valence-corrected chi connectivity index (χ0v) is 12.3. The maximum Gasteiger partial charge on any atom is 0.219 e. The van der Waals surface area contributed by atoms with Crippen LogP contribution in [0.5, 0.6) is 0 Å². The second-order valence-electron chi connectivity index (χ2n) is 6.12. The van der Waals surface area contributed by atoms with Gasteiger partial charge < -0.3 is 9.80 Å². The van der Waals surface area contributed by atoms with E-state index < -0.39 is 0 Å². The number of aromatic nitrogens is 1. The number of carbonyl (C=O) groups excluding carboxylic acids is 1. The Hall–Kier alpha value is -1.58. The summed E-state index contributed by atoms with van der Waals surface area (Å²) in [5, 5.41) is 0. The molecule has 0 spiro atoms. The van der Waals surface area contributed by atoms with E-state index in [0.29, 0.717) is 0 Å². The summed E-state index contributed by atoms with van der Waals surface area (Å²) in [4.78, 5) is 20.1. The van der Waals surface area contributed by atoms with Crippen LogP contribution in [0.25, 0.3) is 0 Å². The third-order valence-electron chi connectivity index (χ3n) is 3.62. The van der Waals surface area contributed by atoms with E-state index in [0.717, 1.165) is 32.0 Å². The maximum absolute atomic E-state index is 11.4. The van der Waals surface area contributed by atoms with Crippen molar-refractivity contribution in [2.75, 3.05) is 31.1 Å². The monoisotopic (exact) mass is 261 g/mol. The fraction of sp³-hybridized carbons (Fsp3) is 0.600. The van der Waals surface area contributed by atoms with Gasteiger partial charge in [-0.1, -0.05) is 26.8 Å². The van der Waals surface area contributed by atoms with E-state index in [9.17, 15) is 4.79 Å². The van der Waals surface area contributed by atoms with E-state index in [2.05, 4.69) is 36.7 Å². The molecule has 2 rings (SSSR count). The number of piperazine rings is 1. The van der Waals surface area contributed by atoms with E-state index in [-0.39, 0.29) is 11.3 Å². The number of amides is 1. The summed E-state index contributed by atoms with van der Waals surface area (Å²) in [6.45, 7) is 11.6. The Morgan fingerprint density at radius 2 is 1.84 bits per heavy atom. The van der Waals surface area contributed by atoms with Gasteiger partial charge >= 0.3 is 0 Å². The Kier molecular flexibility index (Phi) is 3.78.